The molecule has 1 aliphatic rings. The highest BCUT2D eigenvalue weighted by Crippen LogP contribution is 2.52. The van der Waals surface area contributed by atoms with Gasteiger partial charge in [0.1, 0.15) is 11.5 Å². The first kappa shape index (κ1) is 16.6. The average Bonchev–Trinajstić information content (AvgIpc) is 2.78. The van der Waals surface area contributed by atoms with Crippen LogP contribution in [0.15, 0.2) is 97.1 Å². The van der Waals surface area contributed by atoms with Gasteiger partial charge in [-0.05, 0) is 51.4 Å². The maximum Gasteiger partial charge on any atom is 0.132 e. The summed E-state index contributed by atoms with van der Waals surface area (Å²) in [6.07, 6.45) is 0. The summed E-state index contributed by atoms with van der Waals surface area (Å²) >= 11 is 6.22. The van der Waals surface area contributed by atoms with E-state index in [4.69, 9.17) is 16.3 Å². The Morgan fingerprint density at radius 2 is 1.07 bits per heavy atom. The van der Waals surface area contributed by atoms with E-state index >= 15 is 0 Å². The maximum absolute atomic E-state index is 6.44. The fourth-order valence-electron chi connectivity index (χ4n) is 4.58. The second-order valence-corrected chi connectivity index (χ2v) is 7.92. The van der Waals surface area contributed by atoms with Gasteiger partial charge in [0.25, 0.3) is 0 Å². The zero-order valence-corrected chi connectivity index (χ0v) is 16.4. The summed E-state index contributed by atoms with van der Waals surface area (Å²) in [5, 5.41) is 5.64. The van der Waals surface area contributed by atoms with Crippen LogP contribution in [0.3, 0.4) is 0 Å². The standard InChI is InChI=1S/C27H17ClO/c28-20-13-9-19(10-14-20)25-26-21-7-3-1-5-17(21)11-15-23(26)29-24-16-12-18-6-2-4-8-22(18)27(24)25/h1-16,25H. The van der Waals surface area contributed by atoms with Crippen molar-refractivity contribution in [1.29, 1.82) is 0 Å². The highest BCUT2D eigenvalue weighted by atomic mass is 35.5. The summed E-state index contributed by atoms with van der Waals surface area (Å²) in [6, 6.07) is 33.7. The quantitative estimate of drug-likeness (QED) is 0.276. The van der Waals surface area contributed by atoms with Crippen LogP contribution in [0.2, 0.25) is 5.02 Å². The fourth-order valence-corrected chi connectivity index (χ4v) is 4.70. The highest BCUT2D eigenvalue weighted by molar-refractivity contribution is 6.30. The van der Waals surface area contributed by atoms with E-state index < -0.39 is 0 Å². The smallest absolute Gasteiger partial charge is 0.132 e. The average molecular weight is 393 g/mol. The molecule has 0 saturated heterocycles. The van der Waals surface area contributed by atoms with E-state index in [1.807, 2.05) is 12.1 Å². The van der Waals surface area contributed by atoms with Crippen molar-refractivity contribution >= 4 is 33.1 Å². The maximum atomic E-state index is 6.44. The van der Waals surface area contributed by atoms with Gasteiger partial charge in [0.2, 0.25) is 0 Å². The lowest BCUT2D eigenvalue weighted by Gasteiger charge is -2.31. The Balaban J connectivity index is 1.75. The lowest BCUT2D eigenvalue weighted by Crippen LogP contribution is -2.13. The number of benzene rings is 5. The zero-order valence-electron chi connectivity index (χ0n) is 15.6. The molecule has 0 radical (unpaired) electrons. The van der Waals surface area contributed by atoms with Crippen LogP contribution < -0.4 is 4.74 Å². The van der Waals surface area contributed by atoms with Crippen molar-refractivity contribution < 1.29 is 4.74 Å². The van der Waals surface area contributed by atoms with E-state index in [0.717, 1.165) is 16.5 Å². The Bertz CT molecular complexity index is 1300. The molecule has 0 spiro atoms. The normalized spacial score (nSPS) is 13.1. The topological polar surface area (TPSA) is 9.23 Å². The number of hydrogen-bond donors (Lipinski definition) is 0. The van der Waals surface area contributed by atoms with Gasteiger partial charge in [-0.15, -0.1) is 0 Å². The minimum absolute atomic E-state index is 0.0724. The molecule has 0 amide bonds. The molecule has 6 rings (SSSR count). The zero-order chi connectivity index (χ0) is 19.4. The number of hydrogen-bond acceptors (Lipinski definition) is 1. The van der Waals surface area contributed by atoms with Crippen LogP contribution in [-0.4, -0.2) is 0 Å². The van der Waals surface area contributed by atoms with Gasteiger partial charge in [-0.3, -0.25) is 0 Å². The van der Waals surface area contributed by atoms with Crippen molar-refractivity contribution in [2.24, 2.45) is 0 Å². The van der Waals surface area contributed by atoms with Crippen LogP contribution in [0.4, 0.5) is 0 Å². The van der Waals surface area contributed by atoms with Crippen molar-refractivity contribution in [3.63, 3.8) is 0 Å². The molecule has 5 aromatic carbocycles. The van der Waals surface area contributed by atoms with Crippen molar-refractivity contribution in [2.75, 3.05) is 0 Å². The lowest BCUT2D eigenvalue weighted by atomic mass is 9.78. The van der Waals surface area contributed by atoms with Crippen LogP contribution in [0.25, 0.3) is 21.5 Å². The van der Waals surface area contributed by atoms with Gasteiger partial charge in [0.15, 0.2) is 0 Å². The van der Waals surface area contributed by atoms with E-state index in [0.29, 0.717) is 0 Å². The summed E-state index contributed by atoms with van der Waals surface area (Å²) in [6.45, 7) is 0. The molecule has 0 atom stereocenters. The van der Waals surface area contributed by atoms with Crippen molar-refractivity contribution in [1.82, 2.24) is 0 Å². The minimum Gasteiger partial charge on any atom is -0.457 e. The van der Waals surface area contributed by atoms with Gasteiger partial charge >= 0.3 is 0 Å². The molecule has 0 unspecified atom stereocenters. The molecule has 0 saturated carbocycles. The molecule has 0 bridgehead atoms. The Kier molecular flexibility index (Phi) is 3.65. The molecule has 5 aromatic rings. The number of fused-ring (bicyclic) bond motifs is 6. The Hall–Kier alpha value is -3.29. The molecule has 2 heteroatoms. The third-order valence-electron chi connectivity index (χ3n) is 5.86. The molecule has 0 aromatic heterocycles. The van der Waals surface area contributed by atoms with Crippen LogP contribution in [0.1, 0.15) is 22.6 Å². The summed E-state index contributed by atoms with van der Waals surface area (Å²) in [5.74, 6) is 1.92. The van der Waals surface area contributed by atoms with E-state index in [1.54, 1.807) is 0 Å². The number of rotatable bonds is 1. The Morgan fingerprint density at radius 3 is 1.62 bits per heavy atom. The predicted molar refractivity (Wildman–Crippen MR) is 120 cm³/mol. The first-order chi connectivity index (χ1) is 14.3. The fraction of sp³-hybridized carbons (Fsp3) is 0.0370. The van der Waals surface area contributed by atoms with Crippen LogP contribution in [-0.2, 0) is 0 Å². The molecule has 0 N–H and O–H groups in total. The Morgan fingerprint density at radius 1 is 0.552 bits per heavy atom. The van der Waals surface area contributed by atoms with E-state index in [1.165, 1.54) is 38.2 Å². The molecule has 1 aliphatic heterocycles. The van der Waals surface area contributed by atoms with Crippen molar-refractivity contribution in [2.45, 2.75) is 5.92 Å². The van der Waals surface area contributed by atoms with Gasteiger partial charge in [-0.1, -0.05) is 84.4 Å². The first-order valence-electron chi connectivity index (χ1n) is 9.76. The van der Waals surface area contributed by atoms with Crippen LogP contribution in [0, 0.1) is 0 Å². The molecule has 29 heavy (non-hydrogen) atoms. The molecule has 0 aliphatic carbocycles. The first-order valence-corrected chi connectivity index (χ1v) is 10.1. The van der Waals surface area contributed by atoms with E-state index in [2.05, 4.69) is 84.9 Å². The van der Waals surface area contributed by atoms with E-state index in [-0.39, 0.29) is 5.92 Å². The number of ether oxygens (including phenoxy) is 1. The van der Waals surface area contributed by atoms with Gasteiger partial charge in [0, 0.05) is 22.1 Å². The minimum atomic E-state index is 0.0724. The number of halogens is 1. The third kappa shape index (κ3) is 2.55. The largest absolute Gasteiger partial charge is 0.457 e. The monoisotopic (exact) mass is 392 g/mol. The predicted octanol–water partition coefficient (Wildman–Crippen LogP) is 7.93. The summed E-state index contributed by atoms with van der Waals surface area (Å²) in [4.78, 5) is 0. The summed E-state index contributed by atoms with van der Waals surface area (Å²) in [7, 11) is 0. The van der Waals surface area contributed by atoms with Gasteiger partial charge in [-0.25, -0.2) is 0 Å². The summed E-state index contributed by atoms with van der Waals surface area (Å²) < 4.78 is 6.44. The van der Waals surface area contributed by atoms with Crippen LogP contribution >= 0.6 is 11.6 Å². The van der Waals surface area contributed by atoms with Gasteiger partial charge in [0.05, 0.1) is 0 Å². The molecule has 138 valence electrons. The lowest BCUT2D eigenvalue weighted by molar-refractivity contribution is 0.456. The Labute approximate surface area is 174 Å². The van der Waals surface area contributed by atoms with Crippen LogP contribution in [0.5, 0.6) is 11.5 Å². The molecule has 1 nitrogen and oxygen atoms in total. The van der Waals surface area contributed by atoms with Gasteiger partial charge in [-0.2, -0.15) is 0 Å². The van der Waals surface area contributed by atoms with Gasteiger partial charge < -0.3 is 4.74 Å². The van der Waals surface area contributed by atoms with E-state index in [9.17, 15) is 0 Å². The molecule has 0 fully saturated rings. The SMILES string of the molecule is Clc1ccc(C2c3c(ccc4ccccc34)Oc3ccc4ccccc4c32)cc1. The summed E-state index contributed by atoms with van der Waals surface area (Å²) in [5.41, 5.74) is 3.65. The highest BCUT2D eigenvalue weighted by Gasteiger charge is 2.31. The molecular formula is C27H17ClO. The third-order valence-corrected chi connectivity index (χ3v) is 6.11. The van der Waals surface area contributed by atoms with Crippen molar-refractivity contribution in [3.05, 3.63) is 119 Å². The van der Waals surface area contributed by atoms with Crippen molar-refractivity contribution in [3.8, 4) is 11.5 Å². The second-order valence-electron chi connectivity index (χ2n) is 7.48. The molecular weight excluding hydrogens is 376 g/mol. The second kappa shape index (κ2) is 6.37. The molecule has 1 heterocycles.